The Morgan fingerprint density at radius 1 is 1.25 bits per heavy atom. The van der Waals surface area contributed by atoms with Crippen LogP contribution in [-0.4, -0.2) is 8.07 Å². The minimum atomic E-state index is -0.950. The molecule has 0 aliphatic rings. The van der Waals surface area contributed by atoms with Gasteiger partial charge in [-0.15, -0.1) is 0 Å². The highest BCUT2D eigenvalue weighted by molar-refractivity contribution is 6.75. The van der Waals surface area contributed by atoms with Gasteiger partial charge in [-0.1, -0.05) is 25.7 Å². The van der Waals surface area contributed by atoms with Gasteiger partial charge in [-0.05, 0) is 0 Å². The van der Waals surface area contributed by atoms with Gasteiger partial charge in [0.2, 0.25) is 0 Å². The van der Waals surface area contributed by atoms with E-state index in [4.69, 9.17) is 0 Å². The van der Waals surface area contributed by atoms with Crippen molar-refractivity contribution in [2.24, 2.45) is 7.05 Å². The zero-order valence-corrected chi connectivity index (χ0v) is 9.46. The fourth-order valence-electron chi connectivity index (χ4n) is 1.29. The van der Waals surface area contributed by atoms with Crippen LogP contribution >= 0.6 is 0 Å². The van der Waals surface area contributed by atoms with Gasteiger partial charge in [0.15, 0.2) is 11.9 Å². The van der Waals surface area contributed by atoms with E-state index in [1.165, 1.54) is 11.7 Å². The summed E-state index contributed by atoms with van der Waals surface area (Å²) in [6, 6.07) is 7.69. The van der Waals surface area contributed by atoms with Crippen LogP contribution in [0.2, 0.25) is 19.6 Å². The first-order chi connectivity index (χ1) is 5.49. The largest absolute Gasteiger partial charge is 0.205 e. The second kappa shape index (κ2) is 3.40. The third-order valence-corrected chi connectivity index (χ3v) is 3.30. The van der Waals surface area contributed by atoms with Gasteiger partial charge in [0.1, 0.15) is 7.05 Å². The van der Waals surface area contributed by atoms with Gasteiger partial charge in [0.05, 0.1) is 8.07 Å². The lowest BCUT2D eigenvalue weighted by atomic mass is 10.4. The van der Waals surface area contributed by atoms with E-state index in [0.29, 0.717) is 0 Å². The second-order valence-electron chi connectivity index (χ2n) is 4.54. The molecule has 12 heavy (non-hydrogen) atoms. The van der Waals surface area contributed by atoms with Gasteiger partial charge in [0.25, 0.3) is 0 Å². The van der Waals surface area contributed by atoms with E-state index in [1.807, 2.05) is 0 Å². The summed E-state index contributed by atoms with van der Waals surface area (Å²) >= 11 is 0. The van der Waals surface area contributed by atoms with Crippen molar-refractivity contribution in [3.8, 4) is 0 Å². The average Bonchev–Trinajstić information content (AvgIpc) is 1.91. The fraction of sp³-hybridized carbons (Fsp3) is 0.500. The molecule has 0 saturated heterocycles. The number of hydrogen-bond donors (Lipinski definition) is 0. The Kier molecular flexibility index (Phi) is 2.68. The highest BCUT2D eigenvalue weighted by Gasteiger charge is 2.18. The second-order valence-corrected chi connectivity index (χ2v) is 10.0. The number of aromatic nitrogens is 1. The van der Waals surface area contributed by atoms with Crippen molar-refractivity contribution in [2.75, 3.05) is 0 Å². The van der Waals surface area contributed by atoms with Crippen LogP contribution in [0.5, 0.6) is 0 Å². The third-order valence-electron chi connectivity index (χ3n) is 1.87. The van der Waals surface area contributed by atoms with Crippen molar-refractivity contribution in [1.29, 1.82) is 0 Å². The van der Waals surface area contributed by atoms with Gasteiger partial charge >= 0.3 is 0 Å². The minimum Gasteiger partial charge on any atom is -0.205 e. The summed E-state index contributed by atoms with van der Waals surface area (Å²) in [5, 5.41) is 0. The standard InChI is InChI=1S/C10H18NSi/c1-11-8-6-5-7-10(11)9-12(2,3)4/h5-8H,9H2,1-4H3/q+1. The Hall–Kier alpha value is -0.633. The maximum atomic E-state index is 2.40. The molecular weight excluding hydrogens is 162 g/mol. The highest BCUT2D eigenvalue weighted by Crippen LogP contribution is 2.07. The summed E-state index contributed by atoms with van der Waals surface area (Å²) in [7, 11) is 1.17. The van der Waals surface area contributed by atoms with Crippen molar-refractivity contribution < 1.29 is 4.57 Å². The minimum absolute atomic E-state index is 0.950. The highest BCUT2D eigenvalue weighted by atomic mass is 28.3. The smallest absolute Gasteiger partial charge is 0.178 e. The number of pyridine rings is 1. The Morgan fingerprint density at radius 2 is 1.92 bits per heavy atom. The van der Waals surface area contributed by atoms with Crippen LogP contribution in [0.25, 0.3) is 0 Å². The molecule has 1 nitrogen and oxygen atoms in total. The molecule has 0 aromatic carbocycles. The molecule has 2 heteroatoms. The van der Waals surface area contributed by atoms with Crippen molar-refractivity contribution in [3.63, 3.8) is 0 Å². The van der Waals surface area contributed by atoms with Crippen LogP contribution in [0.4, 0.5) is 0 Å². The SMILES string of the molecule is C[n+]1ccccc1C[Si](C)(C)C. The van der Waals surface area contributed by atoms with E-state index >= 15 is 0 Å². The van der Waals surface area contributed by atoms with E-state index < -0.39 is 8.07 Å². The molecule has 0 atom stereocenters. The van der Waals surface area contributed by atoms with Crippen molar-refractivity contribution in [2.45, 2.75) is 25.7 Å². The van der Waals surface area contributed by atoms with Gasteiger partial charge < -0.3 is 0 Å². The van der Waals surface area contributed by atoms with Crippen LogP contribution in [0.1, 0.15) is 5.69 Å². The lowest BCUT2D eigenvalue weighted by Gasteiger charge is -2.13. The van der Waals surface area contributed by atoms with E-state index in [9.17, 15) is 0 Å². The molecule has 0 aliphatic heterocycles. The van der Waals surface area contributed by atoms with Gasteiger partial charge in [-0.2, -0.15) is 0 Å². The van der Waals surface area contributed by atoms with Crippen LogP contribution in [-0.2, 0) is 13.1 Å². The molecule has 0 bridgehead atoms. The first kappa shape index (κ1) is 9.45. The molecule has 0 spiro atoms. The zero-order valence-electron chi connectivity index (χ0n) is 8.46. The molecule has 1 aromatic rings. The quantitative estimate of drug-likeness (QED) is 0.484. The summed E-state index contributed by atoms with van der Waals surface area (Å²) in [6.45, 7) is 7.21. The normalized spacial score (nSPS) is 11.7. The van der Waals surface area contributed by atoms with Crippen LogP contribution < -0.4 is 4.57 Å². The summed E-state index contributed by atoms with van der Waals surface area (Å²) in [4.78, 5) is 0. The van der Waals surface area contributed by atoms with Crippen LogP contribution in [0.3, 0.4) is 0 Å². The molecule has 0 saturated carbocycles. The molecule has 1 aromatic heterocycles. The number of nitrogens with zero attached hydrogens (tertiary/aromatic N) is 1. The Bertz CT molecular complexity index is 263. The first-order valence-electron chi connectivity index (χ1n) is 4.42. The topological polar surface area (TPSA) is 3.88 Å². The van der Waals surface area contributed by atoms with E-state index in [-0.39, 0.29) is 0 Å². The molecule has 0 aliphatic carbocycles. The predicted molar refractivity (Wildman–Crippen MR) is 54.7 cm³/mol. The summed E-state index contributed by atoms with van der Waals surface area (Å²) in [5.41, 5.74) is 1.46. The molecule has 0 N–H and O–H groups in total. The molecule has 66 valence electrons. The molecule has 0 fully saturated rings. The van der Waals surface area contributed by atoms with E-state index in [2.05, 4.69) is 55.7 Å². The predicted octanol–water partition coefficient (Wildman–Crippen LogP) is 1.93. The Morgan fingerprint density at radius 3 is 2.42 bits per heavy atom. The average molecular weight is 180 g/mol. The monoisotopic (exact) mass is 180 g/mol. The number of hydrogen-bond acceptors (Lipinski definition) is 0. The third kappa shape index (κ3) is 2.78. The lowest BCUT2D eigenvalue weighted by Crippen LogP contribution is -2.38. The molecule has 0 amide bonds. The lowest BCUT2D eigenvalue weighted by molar-refractivity contribution is -0.678. The molecule has 0 radical (unpaired) electrons. The van der Waals surface area contributed by atoms with Crippen LogP contribution in [0, 0.1) is 0 Å². The summed E-state index contributed by atoms with van der Waals surface area (Å²) < 4.78 is 2.22. The fourth-order valence-corrected chi connectivity index (χ4v) is 2.74. The molecule has 0 unspecified atom stereocenters. The maximum absolute atomic E-state index is 2.40. The van der Waals surface area contributed by atoms with Crippen molar-refractivity contribution in [3.05, 3.63) is 30.1 Å². The summed E-state index contributed by atoms with van der Waals surface area (Å²) in [5.74, 6) is 0. The van der Waals surface area contributed by atoms with Crippen molar-refractivity contribution in [1.82, 2.24) is 0 Å². The first-order valence-corrected chi connectivity index (χ1v) is 8.13. The summed E-state index contributed by atoms with van der Waals surface area (Å²) in [6.07, 6.45) is 2.12. The van der Waals surface area contributed by atoms with Gasteiger partial charge in [-0.25, -0.2) is 4.57 Å². The van der Waals surface area contributed by atoms with E-state index in [0.717, 1.165) is 0 Å². The maximum Gasteiger partial charge on any atom is 0.178 e. The molecular formula is C10H18NSi+. The Balaban J connectivity index is 2.83. The number of rotatable bonds is 2. The van der Waals surface area contributed by atoms with Crippen molar-refractivity contribution >= 4 is 8.07 Å². The molecule has 1 rings (SSSR count). The molecule has 1 heterocycles. The zero-order chi connectivity index (χ0) is 9.19. The van der Waals surface area contributed by atoms with E-state index in [1.54, 1.807) is 0 Å². The van der Waals surface area contributed by atoms with Gasteiger partial charge in [-0.3, -0.25) is 0 Å². The van der Waals surface area contributed by atoms with Crippen LogP contribution in [0.15, 0.2) is 24.4 Å². The number of aryl methyl sites for hydroxylation is 1. The van der Waals surface area contributed by atoms with Gasteiger partial charge in [0, 0.05) is 18.2 Å². The Labute approximate surface area is 76.1 Å².